The van der Waals surface area contributed by atoms with Gasteiger partial charge in [0.15, 0.2) is 0 Å². The summed E-state index contributed by atoms with van der Waals surface area (Å²) in [6, 6.07) is 0. The molecule has 2 heterocycles. The van der Waals surface area contributed by atoms with E-state index in [1.54, 1.807) is 5.51 Å². The predicted octanol–water partition coefficient (Wildman–Crippen LogP) is 0.476. The largest absolute Gasteiger partial charge is 0.316 e. The van der Waals surface area contributed by atoms with Crippen molar-refractivity contribution < 1.29 is 4.79 Å². The molecule has 1 atom stereocenters. The maximum Gasteiger partial charge on any atom is 0.230 e. The number of piperidine rings is 1. The Hall–Kier alpha value is -1.01. The fraction of sp³-hybridized carbons (Fsp3) is 0.625. The van der Waals surface area contributed by atoms with E-state index >= 15 is 0 Å². The Morgan fingerprint density at radius 3 is 3.29 bits per heavy atom. The number of anilines is 1. The Kier molecular flexibility index (Phi) is 3.05. The van der Waals surface area contributed by atoms with Crippen LogP contribution in [0, 0.1) is 5.92 Å². The minimum Gasteiger partial charge on any atom is -0.316 e. The fourth-order valence-electron chi connectivity index (χ4n) is 1.51. The van der Waals surface area contributed by atoms with Crippen LogP contribution in [0.1, 0.15) is 12.8 Å². The van der Waals surface area contributed by atoms with Gasteiger partial charge in [0, 0.05) is 6.54 Å². The third kappa shape index (κ3) is 2.27. The first-order valence-corrected chi connectivity index (χ1v) is 5.52. The maximum absolute atomic E-state index is 11.7. The van der Waals surface area contributed by atoms with Crippen LogP contribution >= 0.6 is 11.3 Å². The molecule has 2 rings (SSSR count). The molecule has 1 fully saturated rings. The number of hydrogen-bond acceptors (Lipinski definition) is 5. The van der Waals surface area contributed by atoms with Crippen LogP contribution in [-0.2, 0) is 4.79 Å². The van der Waals surface area contributed by atoms with Crippen molar-refractivity contribution in [2.75, 3.05) is 18.4 Å². The lowest BCUT2D eigenvalue weighted by atomic mass is 9.99. The summed E-state index contributed by atoms with van der Waals surface area (Å²) in [4.78, 5) is 11.7. The number of amides is 1. The second kappa shape index (κ2) is 4.47. The second-order valence-corrected chi connectivity index (χ2v) is 4.11. The molecule has 0 aromatic carbocycles. The van der Waals surface area contributed by atoms with Crippen LogP contribution in [0.3, 0.4) is 0 Å². The molecule has 0 aliphatic carbocycles. The summed E-state index contributed by atoms with van der Waals surface area (Å²) in [7, 11) is 0. The molecule has 1 aliphatic heterocycles. The topological polar surface area (TPSA) is 66.9 Å². The molecule has 6 heteroatoms. The average Bonchev–Trinajstić information content (AvgIpc) is 2.72. The van der Waals surface area contributed by atoms with E-state index in [0.717, 1.165) is 25.9 Å². The minimum absolute atomic E-state index is 0.0500. The van der Waals surface area contributed by atoms with Gasteiger partial charge in [0.1, 0.15) is 5.51 Å². The quantitative estimate of drug-likeness (QED) is 0.748. The van der Waals surface area contributed by atoms with Crippen molar-refractivity contribution in [2.45, 2.75) is 12.8 Å². The molecule has 0 bridgehead atoms. The van der Waals surface area contributed by atoms with Gasteiger partial charge in [-0.2, -0.15) is 0 Å². The summed E-state index contributed by atoms with van der Waals surface area (Å²) in [5.74, 6) is 0.126. The highest BCUT2D eigenvalue weighted by molar-refractivity contribution is 7.13. The standard InChI is InChI=1S/C8H12N4OS/c13-7(6-2-1-3-9-4-6)11-8-12-10-5-14-8/h5-6,9H,1-4H2,(H,11,12,13). The van der Waals surface area contributed by atoms with Gasteiger partial charge in [-0.25, -0.2) is 0 Å². The van der Waals surface area contributed by atoms with Crippen molar-refractivity contribution in [3.05, 3.63) is 5.51 Å². The molecular formula is C8H12N4OS. The van der Waals surface area contributed by atoms with Crippen LogP contribution in [0.15, 0.2) is 5.51 Å². The first-order valence-electron chi connectivity index (χ1n) is 4.64. The lowest BCUT2D eigenvalue weighted by Crippen LogP contribution is -2.37. The third-order valence-corrected chi connectivity index (χ3v) is 2.86. The molecule has 76 valence electrons. The summed E-state index contributed by atoms with van der Waals surface area (Å²) in [5, 5.41) is 14.0. The lowest BCUT2D eigenvalue weighted by Gasteiger charge is -2.20. The molecule has 0 saturated carbocycles. The summed E-state index contributed by atoms with van der Waals surface area (Å²) in [6.45, 7) is 1.78. The van der Waals surface area contributed by atoms with Gasteiger partial charge in [-0.15, -0.1) is 10.2 Å². The molecule has 1 amide bonds. The molecule has 1 aromatic rings. The Labute approximate surface area is 85.9 Å². The predicted molar refractivity (Wildman–Crippen MR) is 54.1 cm³/mol. The first kappa shape index (κ1) is 9.54. The van der Waals surface area contributed by atoms with E-state index in [1.807, 2.05) is 0 Å². The fourth-order valence-corrected chi connectivity index (χ4v) is 1.96. The number of carbonyl (C=O) groups excluding carboxylic acids is 1. The number of aromatic nitrogens is 2. The van der Waals surface area contributed by atoms with Gasteiger partial charge in [0.05, 0.1) is 5.92 Å². The lowest BCUT2D eigenvalue weighted by molar-refractivity contribution is -0.120. The second-order valence-electron chi connectivity index (χ2n) is 3.28. The van der Waals surface area contributed by atoms with Crippen molar-refractivity contribution in [1.82, 2.24) is 15.5 Å². The van der Waals surface area contributed by atoms with Crippen LogP contribution < -0.4 is 10.6 Å². The number of rotatable bonds is 2. The van der Waals surface area contributed by atoms with Gasteiger partial charge < -0.3 is 10.6 Å². The minimum atomic E-state index is 0.0500. The Balaban J connectivity index is 1.88. The molecule has 5 nitrogen and oxygen atoms in total. The smallest absolute Gasteiger partial charge is 0.230 e. The maximum atomic E-state index is 11.7. The van der Waals surface area contributed by atoms with Crippen molar-refractivity contribution in [2.24, 2.45) is 5.92 Å². The average molecular weight is 212 g/mol. The first-order chi connectivity index (χ1) is 6.86. The molecule has 0 spiro atoms. The zero-order valence-electron chi connectivity index (χ0n) is 7.69. The van der Waals surface area contributed by atoms with E-state index < -0.39 is 0 Å². The van der Waals surface area contributed by atoms with E-state index in [4.69, 9.17) is 0 Å². The SMILES string of the molecule is O=C(Nc1nncs1)C1CCCNC1. The van der Waals surface area contributed by atoms with Gasteiger partial charge in [-0.1, -0.05) is 11.3 Å². The van der Waals surface area contributed by atoms with Crippen molar-refractivity contribution in [3.8, 4) is 0 Å². The highest BCUT2D eigenvalue weighted by Crippen LogP contribution is 2.14. The number of nitrogens with zero attached hydrogens (tertiary/aromatic N) is 2. The number of carbonyl (C=O) groups is 1. The van der Waals surface area contributed by atoms with E-state index in [-0.39, 0.29) is 11.8 Å². The molecule has 1 aliphatic rings. The zero-order valence-corrected chi connectivity index (χ0v) is 8.51. The Morgan fingerprint density at radius 2 is 2.64 bits per heavy atom. The summed E-state index contributed by atoms with van der Waals surface area (Å²) < 4.78 is 0. The van der Waals surface area contributed by atoms with Crippen LogP contribution in [0.2, 0.25) is 0 Å². The third-order valence-electron chi connectivity index (χ3n) is 2.26. The Bertz CT molecular complexity index is 294. The van der Waals surface area contributed by atoms with Gasteiger partial charge in [0.25, 0.3) is 0 Å². The molecule has 1 aromatic heterocycles. The van der Waals surface area contributed by atoms with Gasteiger partial charge in [0.2, 0.25) is 11.0 Å². The summed E-state index contributed by atoms with van der Waals surface area (Å²) >= 11 is 1.34. The molecule has 2 N–H and O–H groups in total. The van der Waals surface area contributed by atoms with Crippen LogP contribution in [0.25, 0.3) is 0 Å². The molecule has 14 heavy (non-hydrogen) atoms. The monoisotopic (exact) mass is 212 g/mol. The number of hydrogen-bond donors (Lipinski definition) is 2. The molecule has 0 radical (unpaired) electrons. The number of nitrogens with one attached hydrogen (secondary N) is 2. The van der Waals surface area contributed by atoms with Crippen LogP contribution in [0.5, 0.6) is 0 Å². The van der Waals surface area contributed by atoms with Crippen molar-refractivity contribution in [3.63, 3.8) is 0 Å². The van der Waals surface area contributed by atoms with E-state index in [2.05, 4.69) is 20.8 Å². The van der Waals surface area contributed by atoms with E-state index in [0.29, 0.717) is 5.13 Å². The van der Waals surface area contributed by atoms with Gasteiger partial charge in [-0.05, 0) is 19.4 Å². The van der Waals surface area contributed by atoms with Gasteiger partial charge >= 0.3 is 0 Å². The van der Waals surface area contributed by atoms with Crippen molar-refractivity contribution in [1.29, 1.82) is 0 Å². The van der Waals surface area contributed by atoms with E-state index in [1.165, 1.54) is 11.3 Å². The summed E-state index contributed by atoms with van der Waals surface area (Å²) in [5.41, 5.74) is 1.61. The zero-order chi connectivity index (χ0) is 9.80. The normalized spacial score (nSPS) is 21.9. The van der Waals surface area contributed by atoms with Crippen LogP contribution in [0.4, 0.5) is 5.13 Å². The van der Waals surface area contributed by atoms with Crippen LogP contribution in [-0.4, -0.2) is 29.2 Å². The molecular weight excluding hydrogens is 200 g/mol. The van der Waals surface area contributed by atoms with E-state index in [9.17, 15) is 4.79 Å². The summed E-state index contributed by atoms with van der Waals surface area (Å²) in [6.07, 6.45) is 2.02. The van der Waals surface area contributed by atoms with Crippen molar-refractivity contribution >= 4 is 22.4 Å². The Morgan fingerprint density at radius 1 is 1.71 bits per heavy atom. The molecule has 1 unspecified atom stereocenters. The highest BCUT2D eigenvalue weighted by Gasteiger charge is 2.21. The molecule has 1 saturated heterocycles. The van der Waals surface area contributed by atoms with Gasteiger partial charge in [-0.3, -0.25) is 4.79 Å². The highest BCUT2D eigenvalue weighted by atomic mass is 32.1.